The molecule has 0 bridgehead atoms. The van der Waals surface area contributed by atoms with Gasteiger partial charge in [-0.15, -0.1) is 0 Å². The third-order valence-electron chi connectivity index (χ3n) is 3.27. The second-order valence-electron chi connectivity index (χ2n) is 4.79. The van der Waals surface area contributed by atoms with Gasteiger partial charge in [-0.1, -0.05) is 68.1 Å². The number of hydrogen-bond donors (Lipinski definition) is 1. The van der Waals surface area contributed by atoms with Gasteiger partial charge in [-0.05, 0) is 54.4 Å². The topological polar surface area (TPSA) is 12.0 Å². The predicted molar refractivity (Wildman–Crippen MR) is 98.6 cm³/mol. The Morgan fingerprint density at radius 2 is 1.76 bits per heavy atom. The van der Waals surface area contributed by atoms with Crippen LogP contribution in [0, 0.1) is 6.92 Å². The Kier molecular flexibility index (Phi) is 6.15. The molecule has 0 saturated carbocycles. The van der Waals surface area contributed by atoms with Gasteiger partial charge in [-0.2, -0.15) is 0 Å². The van der Waals surface area contributed by atoms with Crippen molar-refractivity contribution in [1.29, 1.82) is 0 Å². The van der Waals surface area contributed by atoms with Crippen molar-refractivity contribution >= 4 is 55.1 Å². The highest BCUT2D eigenvalue weighted by molar-refractivity contribution is 9.11. The average Bonchev–Trinajstić information content (AvgIpc) is 2.44. The van der Waals surface area contributed by atoms with Crippen molar-refractivity contribution in [2.24, 2.45) is 0 Å². The molecule has 2 rings (SSSR count). The number of benzene rings is 2. The van der Waals surface area contributed by atoms with E-state index >= 15 is 0 Å². The normalized spacial score (nSPS) is 12.5. The van der Waals surface area contributed by atoms with Crippen molar-refractivity contribution in [2.45, 2.75) is 19.9 Å². The molecular formula is C16H15Br2Cl2N. The molecule has 2 aromatic rings. The second kappa shape index (κ2) is 7.47. The van der Waals surface area contributed by atoms with E-state index in [1.165, 1.54) is 5.56 Å². The van der Waals surface area contributed by atoms with Crippen molar-refractivity contribution in [2.75, 3.05) is 6.54 Å². The lowest BCUT2D eigenvalue weighted by molar-refractivity contribution is 0.628. The Hall–Kier alpha value is -0.0600. The van der Waals surface area contributed by atoms with Gasteiger partial charge in [-0.25, -0.2) is 0 Å². The summed E-state index contributed by atoms with van der Waals surface area (Å²) in [6.45, 7) is 5.00. The number of nitrogens with one attached hydrogen (secondary N) is 1. The van der Waals surface area contributed by atoms with E-state index in [-0.39, 0.29) is 6.04 Å². The van der Waals surface area contributed by atoms with Gasteiger partial charge in [0.05, 0.1) is 16.1 Å². The average molecular weight is 452 g/mol. The summed E-state index contributed by atoms with van der Waals surface area (Å²) in [5.41, 5.74) is 3.44. The van der Waals surface area contributed by atoms with Crippen LogP contribution in [0.15, 0.2) is 39.3 Å². The molecule has 0 radical (unpaired) electrons. The minimum atomic E-state index is 0.0519. The molecule has 1 nitrogen and oxygen atoms in total. The largest absolute Gasteiger partial charge is 0.306 e. The van der Waals surface area contributed by atoms with Gasteiger partial charge in [0.25, 0.3) is 0 Å². The monoisotopic (exact) mass is 449 g/mol. The van der Waals surface area contributed by atoms with E-state index < -0.39 is 0 Å². The molecule has 1 unspecified atom stereocenters. The maximum absolute atomic E-state index is 6.16. The van der Waals surface area contributed by atoms with Gasteiger partial charge in [0, 0.05) is 8.95 Å². The van der Waals surface area contributed by atoms with Crippen LogP contribution in [-0.4, -0.2) is 6.54 Å². The molecule has 0 spiro atoms. The summed E-state index contributed by atoms with van der Waals surface area (Å²) in [5.74, 6) is 0. The Morgan fingerprint density at radius 3 is 2.38 bits per heavy atom. The van der Waals surface area contributed by atoms with Crippen LogP contribution in [0.5, 0.6) is 0 Å². The van der Waals surface area contributed by atoms with Crippen LogP contribution in [0.4, 0.5) is 0 Å². The van der Waals surface area contributed by atoms with Crippen molar-refractivity contribution < 1.29 is 0 Å². The summed E-state index contributed by atoms with van der Waals surface area (Å²) in [5, 5.41) is 4.63. The van der Waals surface area contributed by atoms with E-state index in [2.05, 4.69) is 63.2 Å². The molecule has 0 aromatic heterocycles. The first-order valence-corrected chi connectivity index (χ1v) is 8.92. The number of halogens is 4. The zero-order valence-electron chi connectivity index (χ0n) is 11.7. The summed E-state index contributed by atoms with van der Waals surface area (Å²) in [6.07, 6.45) is 0. The fourth-order valence-corrected chi connectivity index (χ4v) is 3.54. The fraction of sp³-hybridized carbons (Fsp3) is 0.250. The standard InChI is InChI=1S/C16H15Br2Cl2N/c1-3-21-16(10-4-5-14(19)15(20)7-10)11-8-12(17)9(2)6-13(11)18/h4-8,16,21H,3H2,1-2H3. The minimum Gasteiger partial charge on any atom is -0.306 e. The summed E-state index contributed by atoms with van der Waals surface area (Å²) >= 11 is 19.4. The van der Waals surface area contributed by atoms with Crippen LogP contribution in [0.25, 0.3) is 0 Å². The zero-order valence-corrected chi connectivity index (χ0v) is 16.4. The molecular weight excluding hydrogens is 437 g/mol. The lowest BCUT2D eigenvalue weighted by Gasteiger charge is -2.21. The molecule has 2 aromatic carbocycles. The maximum atomic E-state index is 6.16. The molecule has 1 atom stereocenters. The van der Waals surface area contributed by atoms with E-state index in [0.717, 1.165) is 26.6 Å². The summed E-state index contributed by atoms with van der Waals surface area (Å²) in [7, 11) is 0. The van der Waals surface area contributed by atoms with Gasteiger partial charge in [-0.3, -0.25) is 0 Å². The zero-order chi connectivity index (χ0) is 15.6. The van der Waals surface area contributed by atoms with Gasteiger partial charge >= 0.3 is 0 Å². The number of hydrogen-bond acceptors (Lipinski definition) is 1. The van der Waals surface area contributed by atoms with Crippen molar-refractivity contribution in [1.82, 2.24) is 5.32 Å². The first-order chi connectivity index (χ1) is 9.93. The van der Waals surface area contributed by atoms with Crippen LogP contribution in [0.1, 0.15) is 29.7 Å². The molecule has 0 fully saturated rings. The smallest absolute Gasteiger partial charge is 0.0595 e. The van der Waals surface area contributed by atoms with Crippen LogP contribution in [0.3, 0.4) is 0 Å². The Balaban J connectivity index is 2.52. The second-order valence-corrected chi connectivity index (χ2v) is 7.31. The van der Waals surface area contributed by atoms with E-state index in [1.807, 2.05) is 18.2 Å². The lowest BCUT2D eigenvalue weighted by atomic mass is 9.97. The molecule has 0 saturated heterocycles. The van der Waals surface area contributed by atoms with Crippen molar-refractivity contribution in [3.63, 3.8) is 0 Å². The molecule has 5 heteroatoms. The summed E-state index contributed by atoms with van der Waals surface area (Å²) in [4.78, 5) is 0. The van der Waals surface area contributed by atoms with Crippen LogP contribution < -0.4 is 5.32 Å². The third kappa shape index (κ3) is 4.02. The third-order valence-corrected chi connectivity index (χ3v) is 5.55. The Morgan fingerprint density at radius 1 is 1.05 bits per heavy atom. The Bertz CT molecular complexity index is 659. The molecule has 0 aliphatic heterocycles. The fourth-order valence-electron chi connectivity index (χ4n) is 2.19. The highest BCUT2D eigenvalue weighted by Crippen LogP contribution is 2.35. The first-order valence-electron chi connectivity index (χ1n) is 6.58. The first kappa shape index (κ1) is 17.3. The molecule has 0 aliphatic rings. The lowest BCUT2D eigenvalue weighted by Crippen LogP contribution is -2.22. The van der Waals surface area contributed by atoms with E-state index in [9.17, 15) is 0 Å². The van der Waals surface area contributed by atoms with Crippen molar-refractivity contribution in [3.8, 4) is 0 Å². The van der Waals surface area contributed by atoms with Crippen LogP contribution in [-0.2, 0) is 0 Å². The molecule has 112 valence electrons. The highest BCUT2D eigenvalue weighted by Gasteiger charge is 2.18. The SMILES string of the molecule is CCNC(c1ccc(Cl)c(Cl)c1)c1cc(Br)c(C)cc1Br. The molecule has 1 N–H and O–H groups in total. The molecule has 0 aliphatic carbocycles. The van der Waals surface area contributed by atoms with Gasteiger partial charge in [0.1, 0.15) is 0 Å². The van der Waals surface area contributed by atoms with Gasteiger partial charge in [0.2, 0.25) is 0 Å². The van der Waals surface area contributed by atoms with E-state index in [0.29, 0.717) is 10.0 Å². The van der Waals surface area contributed by atoms with Crippen LogP contribution >= 0.6 is 55.1 Å². The predicted octanol–water partition coefficient (Wildman–Crippen LogP) is 6.53. The van der Waals surface area contributed by atoms with Crippen molar-refractivity contribution in [3.05, 3.63) is 66.0 Å². The van der Waals surface area contributed by atoms with E-state index in [1.54, 1.807) is 0 Å². The maximum Gasteiger partial charge on any atom is 0.0595 e. The van der Waals surface area contributed by atoms with Gasteiger partial charge < -0.3 is 5.32 Å². The molecule has 0 amide bonds. The minimum absolute atomic E-state index is 0.0519. The van der Waals surface area contributed by atoms with E-state index in [4.69, 9.17) is 23.2 Å². The molecule has 21 heavy (non-hydrogen) atoms. The highest BCUT2D eigenvalue weighted by atomic mass is 79.9. The molecule has 0 heterocycles. The van der Waals surface area contributed by atoms with Crippen LogP contribution in [0.2, 0.25) is 10.0 Å². The number of aryl methyl sites for hydroxylation is 1. The van der Waals surface area contributed by atoms with Gasteiger partial charge in [0.15, 0.2) is 0 Å². The quantitative estimate of drug-likeness (QED) is 0.557. The number of rotatable bonds is 4. The Labute approximate surface area is 152 Å². The summed E-state index contributed by atoms with van der Waals surface area (Å²) < 4.78 is 2.16. The summed E-state index contributed by atoms with van der Waals surface area (Å²) in [6, 6.07) is 10.0.